The third kappa shape index (κ3) is 2.87. The van der Waals surface area contributed by atoms with Crippen molar-refractivity contribution >= 4 is 0 Å². The second-order valence-electron chi connectivity index (χ2n) is 4.48. The lowest BCUT2D eigenvalue weighted by molar-refractivity contribution is -0.139. The van der Waals surface area contributed by atoms with Gasteiger partial charge in [-0.15, -0.1) is 0 Å². The molecular weight excluding hydrogens is 247 g/mol. The van der Waals surface area contributed by atoms with Crippen LogP contribution in [0.25, 0.3) is 0 Å². The maximum absolute atomic E-state index is 12.9. The summed E-state index contributed by atoms with van der Waals surface area (Å²) < 4.78 is 48.5. The average Bonchev–Trinajstić information content (AvgIpc) is 2.24. The normalized spacial score (nSPS) is 12.4. The summed E-state index contributed by atoms with van der Waals surface area (Å²) in [5.41, 5.74) is 4.35. The number of benzene rings is 1. The molecule has 0 bridgehead atoms. The van der Waals surface area contributed by atoms with Gasteiger partial charge in [0.15, 0.2) is 11.5 Å². The summed E-state index contributed by atoms with van der Waals surface area (Å²) in [6.07, 6.45) is -4.53. The van der Waals surface area contributed by atoms with E-state index in [1.807, 2.05) is 0 Å². The lowest BCUT2D eigenvalue weighted by atomic mass is 9.93. The van der Waals surface area contributed by atoms with Crippen molar-refractivity contribution < 1.29 is 22.6 Å². The van der Waals surface area contributed by atoms with Crippen LogP contribution in [0.15, 0.2) is 12.1 Å². The smallest absolute Gasteiger partial charge is 0.420 e. The van der Waals surface area contributed by atoms with Gasteiger partial charge in [-0.05, 0) is 31.5 Å². The van der Waals surface area contributed by atoms with Crippen LogP contribution in [0.1, 0.15) is 25.0 Å². The van der Waals surface area contributed by atoms with E-state index >= 15 is 0 Å². The average molecular weight is 263 g/mol. The van der Waals surface area contributed by atoms with Gasteiger partial charge in [-0.3, -0.25) is 0 Å². The SMILES string of the molecule is COc1cc(C(C)(C)N)cc(C(F)(F)F)c1OC. The maximum Gasteiger partial charge on any atom is 0.420 e. The van der Waals surface area contributed by atoms with Gasteiger partial charge in [-0.1, -0.05) is 0 Å². The third-order valence-electron chi connectivity index (χ3n) is 2.53. The first-order chi connectivity index (χ1) is 8.11. The third-order valence-corrected chi connectivity index (χ3v) is 2.53. The molecule has 0 aliphatic heterocycles. The summed E-state index contributed by atoms with van der Waals surface area (Å²) in [4.78, 5) is 0. The fourth-order valence-corrected chi connectivity index (χ4v) is 1.55. The fourth-order valence-electron chi connectivity index (χ4n) is 1.55. The van der Waals surface area contributed by atoms with Gasteiger partial charge < -0.3 is 15.2 Å². The van der Waals surface area contributed by atoms with Crippen molar-refractivity contribution in [3.05, 3.63) is 23.3 Å². The van der Waals surface area contributed by atoms with Gasteiger partial charge in [0, 0.05) is 5.54 Å². The van der Waals surface area contributed by atoms with Crippen molar-refractivity contribution in [2.75, 3.05) is 14.2 Å². The van der Waals surface area contributed by atoms with E-state index in [0.29, 0.717) is 5.56 Å². The molecule has 0 heterocycles. The molecule has 0 atom stereocenters. The Morgan fingerprint density at radius 3 is 1.94 bits per heavy atom. The van der Waals surface area contributed by atoms with Crippen LogP contribution in [0.3, 0.4) is 0 Å². The van der Waals surface area contributed by atoms with Crippen LogP contribution in [0.4, 0.5) is 13.2 Å². The fraction of sp³-hybridized carbons (Fsp3) is 0.500. The number of hydrogen-bond acceptors (Lipinski definition) is 3. The topological polar surface area (TPSA) is 44.5 Å². The quantitative estimate of drug-likeness (QED) is 0.912. The molecule has 102 valence electrons. The van der Waals surface area contributed by atoms with Crippen LogP contribution >= 0.6 is 0 Å². The zero-order valence-electron chi connectivity index (χ0n) is 10.7. The van der Waals surface area contributed by atoms with Gasteiger partial charge in [0.2, 0.25) is 0 Å². The molecule has 6 heteroatoms. The Balaban J connectivity index is 3.57. The lowest BCUT2D eigenvalue weighted by Crippen LogP contribution is -2.29. The van der Waals surface area contributed by atoms with Crippen molar-refractivity contribution in [1.82, 2.24) is 0 Å². The van der Waals surface area contributed by atoms with E-state index in [0.717, 1.165) is 6.07 Å². The number of halogens is 3. The van der Waals surface area contributed by atoms with Crippen LogP contribution in [-0.2, 0) is 11.7 Å². The first-order valence-corrected chi connectivity index (χ1v) is 5.24. The van der Waals surface area contributed by atoms with E-state index in [2.05, 4.69) is 0 Å². The molecule has 0 radical (unpaired) electrons. The molecule has 0 fully saturated rings. The zero-order valence-corrected chi connectivity index (χ0v) is 10.7. The summed E-state index contributed by atoms with van der Waals surface area (Å²) in [5, 5.41) is 0. The maximum atomic E-state index is 12.9. The zero-order chi connectivity index (χ0) is 14.1. The molecule has 1 rings (SSSR count). The van der Waals surface area contributed by atoms with Gasteiger partial charge >= 0.3 is 6.18 Å². The molecule has 0 amide bonds. The van der Waals surface area contributed by atoms with Crippen molar-refractivity contribution in [3.63, 3.8) is 0 Å². The van der Waals surface area contributed by atoms with Crippen molar-refractivity contribution in [2.45, 2.75) is 25.6 Å². The van der Waals surface area contributed by atoms with Crippen molar-refractivity contribution in [1.29, 1.82) is 0 Å². The minimum Gasteiger partial charge on any atom is -0.493 e. The van der Waals surface area contributed by atoms with Gasteiger partial charge in [-0.25, -0.2) is 0 Å². The predicted molar refractivity (Wildman–Crippen MR) is 61.8 cm³/mol. The summed E-state index contributed by atoms with van der Waals surface area (Å²) >= 11 is 0. The molecular formula is C12H16F3NO2. The Hall–Kier alpha value is -1.43. The molecule has 18 heavy (non-hydrogen) atoms. The van der Waals surface area contributed by atoms with Gasteiger partial charge in [-0.2, -0.15) is 13.2 Å². The highest BCUT2D eigenvalue weighted by molar-refractivity contribution is 5.52. The monoisotopic (exact) mass is 263 g/mol. The van der Waals surface area contributed by atoms with E-state index in [-0.39, 0.29) is 11.5 Å². The van der Waals surface area contributed by atoms with E-state index in [9.17, 15) is 13.2 Å². The van der Waals surface area contributed by atoms with Crippen LogP contribution < -0.4 is 15.2 Å². The van der Waals surface area contributed by atoms with Crippen LogP contribution in [0.2, 0.25) is 0 Å². The van der Waals surface area contributed by atoms with Crippen LogP contribution in [0, 0.1) is 0 Å². The van der Waals surface area contributed by atoms with E-state index in [1.165, 1.54) is 20.3 Å². The van der Waals surface area contributed by atoms with E-state index in [1.54, 1.807) is 13.8 Å². The molecule has 0 aliphatic carbocycles. The standard InChI is InChI=1S/C12H16F3NO2/c1-11(2,16)7-5-8(12(13,14)15)10(18-4)9(6-7)17-3/h5-6H,16H2,1-4H3. The highest BCUT2D eigenvalue weighted by Crippen LogP contribution is 2.43. The van der Waals surface area contributed by atoms with E-state index < -0.39 is 17.3 Å². The molecule has 2 N–H and O–H groups in total. The number of rotatable bonds is 3. The number of alkyl halides is 3. The van der Waals surface area contributed by atoms with Crippen molar-refractivity contribution in [2.24, 2.45) is 5.73 Å². The minimum atomic E-state index is -4.53. The molecule has 0 aliphatic rings. The second kappa shape index (κ2) is 4.68. The number of hydrogen-bond donors (Lipinski definition) is 1. The highest BCUT2D eigenvalue weighted by Gasteiger charge is 2.37. The number of methoxy groups -OCH3 is 2. The molecule has 0 saturated heterocycles. The molecule has 0 saturated carbocycles. The minimum absolute atomic E-state index is 0.0147. The highest BCUT2D eigenvalue weighted by atomic mass is 19.4. The van der Waals surface area contributed by atoms with Crippen LogP contribution in [-0.4, -0.2) is 14.2 Å². The largest absolute Gasteiger partial charge is 0.493 e. The molecule has 1 aromatic carbocycles. The van der Waals surface area contributed by atoms with E-state index in [4.69, 9.17) is 15.2 Å². The second-order valence-corrected chi connectivity index (χ2v) is 4.48. The first-order valence-electron chi connectivity index (χ1n) is 5.24. The molecule has 0 unspecified atom stereocenters. The predicted octanol–water partition coefficient (Wildman–Crippen LogP) is 2.92. The summed E-state index contributed by atoms with van der Waals surface area (Å²) in [7, 11) is 2.45. The molecule has 0 spiro atoms. The Morgan fingerprint density at radius 1 is 1.06 bits per heavy atom. The lowest BCUT2D eigenvalue weighted by Gasteiger charge is -2.23. The van der Waals surface area contributed by atoms with Gasteiger partial charge in [0.1, 0.15) is 5.56 Å². The Morgan fingerprint density at radius 2 is 1.61 bits per heavy atom. The van der Waals surface area contributed by atoms with Gasteiger partial charge in [0.25, 0.3) is 0 Å². The summed E-state index contributed by atoms with van der Waals surface area (Å²) in [6.45, 7) is 3.24. The van der Waals surface area contributed by atoms with Crippen molar-refractivity contribution in [3.8, 4) is 11.5 Å². The Kier molecular flexibility index (Phi) is 3.81. The van der Waals surface area contributed by atoms with Crippen LogP contribution in [0.5, 0.6) is 11.5 Å². The summed E-state index contributed by atoms with van der Waals surface area (Å²) in [6, 6.07) is 2.44. The van der Waals surface area contributed by atoms with Gasteiger partial charge in [0.05, 0.1) is 14.2 Å². The number of nitrogens with two attached hydrogens (primary N) is 1. The summed E-state index contributed by atoms with van der Waals surface area (Å²) in [5.74, 6) is -0.321. The molecule has 0 aromatic heterocycles. The Labute approximate surface area is 104 Å². The number of ether oxygens (including phenoxy) is 2. The first kappa shape index (κ1) is 14.6. The Bertz CT molecular complexity index is 436. The molecule has 3 nitrogen and oxygen atoms in total. The molecule has 1 aromatic rings.